The molecule has 0 spiro atoms. The summed E-state index contributed by atoms with van der Waals surface area (Å²) in [5.74, 6) is 1.35. The van der Waals surface area contributed by atoms with E-state index >= 15 is 0 Å². The summed E-state index contributed by atoms with van der Waals surface area (Å²) in [6, 6.07) is 0.00602. The van der Waals surface area contributed by atoms with Crippen LogP contribution in [0, 0.1) is 5.92 Å². The average molecular weight is 357 g/mol. The van der Waals surface area contributed by atoms with Crippen LogP contribution in [0.15, 0.2) is 45.3 Å². The van der Waals surface area contributed by atoms with Crippen molar-refractivity contribution in [2.75, 3.05) is 19.7 Å². The van der Waals surface area contributed by atoms with Gasteiger partial charge < -0.3 is 15.4 Å². The maximum atomic E-state index is 6.24. The predicted molar refractivity (Wildman–Crippen MR) is 108 cm³/mol. The smallest absolute Gasteiger partial charge is 0.126 e. The zero-order valence-electron chi connectivity index (χ0n) is 16.2. The highest BCUT2D eigenvalue weighted by Crippen LogP contribution is 2.31. The van der Waals surface area contributed by atoms with E-state index in [2.05, 4.69) is 34.5 Å². The molecular weight excluding hydrogens is 324 g/mol. The third kappa shape index (κ3) is 4.85. The summed E-state index contributed by atoms with van der Waals surface area (Å²) in [4.78, 5) is 11.3. The third-order valence-electron chi connectivity index (χ3n) is 5.30. The first-order valence-corrected chi connectivity index (χ1v) is 9.91. The standard InChI is InChI=1S/C21H32N4O/c1-4-19-16(3)20(9-10-23-15(2)12-24-21(19)22)25-11-5-6-18(13-25)26-14-17-7-8-17/h9-10,12,15,17-18H,3-8,11,13-14,22H2,1-2H3/b20-9?,21-19-,23-10?,24-12?. The van der Waals surface area contributed by atoms with Gasteiger partial charge in [-0.3, -0.25) is 4.99 Å². The lowest BCUT2D eigenvalue weighted by Crippen LogP contribution is -2.40. The van der Waals surface area contributed by atoms with E-state index in [0.29, 0.717) is 11.9 Å². The minimum absolute atomic E-state index is 0.00602. The van der Waals surface area contributed by atoms with Crippen molar-refractivity contribution in [2.45, 2.75) is 58.1 Å². The van der Waals surface area contributed by atoms with E-state index < -0.39 is 0 Å². The molecule has 2 fully saturated rings. The molecule has 1 aliphatic carbocycles. The first kappa shape index (κ1) is 18.9. The molecule has 0 aromatic rings. The second-order valence-corrected chi connectivity index (χ2v) is 7.55. The summed E-state index contributed by atoms with van der Waals surface area (Å²) >= 11 is 0. The van der Waals surface area contributed by atoms with Crippen molar-refractivity contribution in [3.05, 3.63) is 35.3 Å². The zero-order valence-corrected chi connectivity index (χ0v) is 16.2. The molecule has 3 aliphatic rings. The molecule has 2 unspecified atom stereocenters. The van der Waals surface area contributed by atoms with E-state index in [4.69, 9.17) is 10.5 Å². The summed E-state index contributed by atoms with van der Waals surface area (Å²) < 4.78 is 6.16. The van der Waals surface area contributed by atoms with Gasteiger partial charge >= 0.3 is 0 Å². The van der Waals surface area contributed by atoms with Crippen molar-refractivity contribution in [3.63, 3.8) is 0 Å². The van der Waals surface area contributed by atoms with Crippen molar-refractivity contribution in [1.29, 1.82) is 0 Å². The van der Waals surface area contributed by atoms with Gasteiger partial charge in [0.1, 0.15) is 5.82 Å². The van der Waals surface area contributed by atoms with Crippen molar-refractivity contribution >= 4 is 12.4 Å². The minimum atomic E-state index is 0.00602. The fourth-order valence-corrected chi connectivity index (χ4v) is 3.50. The van der Waals surface area contributed by atoms with E-state index in [0.717, 1.165) is 61.7 Å². The van der Waals surface area contributed by atoms with E-state index in [1.165, 1.54) is 12.8 Å². The Balaban J connectivity index is 1.79. The molecule has 0 radical (unpaired) electrons. The summed E-state index contributed by atoms with van der Waals surface area (Å²) in [5, 5.41) is 0. The van der Waals surface area contributed by atoms with Gasteiger partial charge in [-0.1, -0.05) is 13.5 Å². The van der Waals surface area contributed by atoms with E-state index in [1.807, 2.05) is 13.1 Å². The van der Waals surface area contributed by atoms with Gasteiger partial charge in [0, 0.05) is 43.4 Å². The predicted octanol–water partition coefficient (Wildman–Crippen LogP) is 3.44. The number of hydrogen-bond donors (Lipinski definition) is 1. The molecule has 5 nitrogen and oxygen atoms in total. The average Bonchev–Trinajstić information content (AvgIpc) is 3.46. The molecule has 1 saturated heterocycles. The number of likely N-dealkylation sites (tertiary alicyclic amines) is 1. The van der Waals surface area contributed by atoms with Gasteiger partial charge in [0.2, 0.25) is 0 Å². The lowest BCUT2D eigenvalue weighted by atomic mass is 9.98. The molecule has 2 heterocycles. The van der Waals surface area contributed by atoms with Crippen LogP contribution in [0.4, 0.5) is 0 Å². The van der Waals surface area contributed by atoms with Crippen LogP contribution < -0.4 is 5.73 Å². The van der Waals surface area contributed by atoms with Crippen LogP contribution in [0.25, 0.3) is 0 Å². The molecule has 3 rings (SSSR count). The summed E-state index contributed by atoms with van der Waals surface area (Å²) in [6.07, 6.45) is 11.8. The Morgan fingerprint density at radius 3 is 2.88 bits per heavy atom. The largest absolute Gasteiger partial charge is 0.383 e. The van der Waals surface area contributed by atoms with Gasteiger partial charge in [-0.15, -0.1) is 0 Å². The number of allylic oxidation sites excluding steroid dienone is 2. The Bertz CT molecular complexity index is 642. The molecule has 2 N–H and O–H groups in total. The van der Waals surface area contributed by atoms with Crippen LogP contribution in [0.1, 0.15) is 46.0 Å². The Hall–Kier alpha value is -1.88. The number of nitrogens with two attached hydrogens (primary N) is 1. The molecule has 5 heteroatoms. The Morgan fingerprint density at radius 2 is 2.15 bits per heavy atom. The molecule has 0 amide bonds. The van der Waals surface area contributed by atoms with Gasteiger partial charge in [-0.25, -0.2) is 4.99 Å². The maximum Gasteiger partial charge on any atom is 0.126 e. The van der Waals surface area contributed by atoms with Crippen LogP contribution >= 0.6 is 0 Å². The van der Waals surface area contributed by atoms with Crippen molar-refractivity contribution < 1.29 is 4.74 Å². The highest BCUT2D eigenvalue weighted by molar-refractivity contribution is 5.78. The quantitative estimate of drug-likeness (QED) is 0.821. The highest BCUT2D eigenvalue weighted by Gasteiger charge is 2.27. The number of piperidine rings is 1. The monoisotopic (exact) mass is 356 g/mol. The zero-order chi connectivity index (χ0) is 18.5. The lowest BCUT2D eigenvalue weighted by Gasteiger charge is -2.37. The number of nitrogens with zero attached hydrogens (tertiary/aromatic N) is 3. The number of aliphatic imine (C=N–C) groups is 2. The molecule has 26 heavy (non-hydrogen) atoms. The fraction of sp³-hybridized carbons (Fsp3) is 0.619. The highest BCUT2D eigenvalue weighted by atomic mass is 16.5. The summed E-state index contributed by atoms with van der Waals surface area (Å²) in [7, 11) is 0. The van der Waals surface area contributed by atoms with Crippen LogP contribution in [0.5, 0.6) is 0 Å². The fourth-order valence-electron chi connectivity index (χ4n) is 3.50. The Labute approximate surface area is 157 Å². The molecule has 1 saturated carbocycles. The number of ether oxygens (including phenoxy) is 1. The Morgan fingerprint density at radius 1 is 1.35 bits per heavy atom. The van der Waals surface area contributed by atoms with Crippen LogP contribution in [-0.2, 0) is 4.74 Å². The SMILES string of the molecule is C=C1C(N2CCCC(OCC3CC3)C2)=CC=NC(C)C=N/C(N)=C\1CC. The second-order valence-electron chi connectivity index (χ2n) is 7.55. The third-order valence-corrected chi connectivity index (χ3v) is 5.30. The lowest BCUT2D eigenvalue weighted by molar-refractivity contribution is 0.00392. The molecule has 0 aromatic heterocycles. The van der Waals surface area contributed by atoms with Gasteiger partial charge in [0.25, 0.3) is 0 Å². The first-order valence-electron chi connectivity index (χ1n) is 9.91. The van der Waals surface area contributed by atoms with Gasteiger partial charge in [0.15, 0.2) is 0 Å². The molecule has 2 aliphatic heterocycles. The Kier molecular flexibility index (Phi) is 6.30. The van der Waals surface area contributed by atoms with E-state index in [1.54, 1.807) is 6.21 Å². The van der Waals surface area contributed by atoms with Crippen LogP contribution in [0.2, 0.25) is 0 Å². The van der Waals surface area contributed by atoms with E-state index in [9.17, 15) is 0 Å². The summed E-state index contributed by atoms with van der Waals surface area (Å²) in [6.45, 7) is 11.3. The molecule has 2 atom stereocenters. The minimum Gasteiger partial charge on any atom is -0.383 e. The van der Waals surface area contributed by atoms with Crippen molar-refractivity contribution in [2.24, 2.45) is 21.6 Å². The van der Waals surface area contributed by atoms with Crippen molar-refractivity contribution in [3.8, 4) is 0 Å². The normalized spacial score (nSPS) is 30.5. The van der Waals surface area contributed by atoms with Gasteiger partial charge in [-0.05, 0) is 56.6 Å². The maximum absolute atomic E-state index is 6.24. The molecule has 142 valence electrons. The topological polar surface area (TPSA) is 63.2 Å². The molecule has 0 aromatic carbocycles. The van der Waals surface area contributed by atoms with Crippen LogP contribution in [0.3, 0.4) is 0 Å². The van der Waals surface area contributed by atoms with Crippen LogP contribution in [-0.4, -0.2) is 49.2 Å². The molecular formula is C21H32N4O. The van der Waals surface area contributed by atoms with Gasteiger partial charge in [0.05, 0.1) is 12.1 Å². The van der Waals surface area contributed by atoms with E-state index in [-0.39, 0.29) is 6.04 Å². The second kappa shape index (κ2) is 8.67. The summed E-state index contributed by atoms with van der Waals surface area (Å²) in [5.41, 5.74) is 9.29. The van der Waals surface area contributed by atoms with Gasteiger partial charge in [-0.2, -0.15) is 0 Å². The van der Waals surface area contributed by atoms with Crippen molar-refractivity contribution in [1.82, 2.24) is 4.90 Å². The number of rotatable bonds is 5. The first-order chi connectivity index (χ1) is 12.6. The number of hydrogen-bond acceptors (Lipinski definition) is 5. The molecule has 0 bridgehead atoms.